The minimum absolute atomic E-state index is 0.0399. The number of ketones is 1. The van der Waals surface area contributed by atoms with Gasteiger partial charge in [0, 0.05) is 11.2 Å². The maximum atomic E-state index is 11.6. The standard InChI is InChI=1S/C14H20BrClO/c1-12(2)8-10(17)4-5-14(12)7-6-13(3,16)11(15)9-14/h4-5,11H,6-9H2,1-3H3. The van der Waals surface area contributed by atoms with Crippen molar-refractivity contribution in [3.63, 3.8) is 0 Å². The van der Waals surface area contributed by atoms with Crippen LogP contribution in [0.15, 0.2) is 12.2 Å². The number of hydrogen-bond donors (Lipinski definition) is 0. The van der Waals surface area contributed by atoms with Gasteiger partial charge in [0.2, 0.25) is 0 Å². The van der Waals surface area contributed by atoms with E-state index in [1.54, 1.807) is 6.08 Å². The summed E-state index contributed by atoms with van der Waals surface area (Å²) < 4.78 is 0. The van der Waals surface area contributed by atoms with E-state index in [1.807, 2.05) is 0 Å². The van der Waals surface area contributed by atoms with Crippen LogP contribution in [0.1, 0.15) is 46.5 Å². The Balaban J connectivity index is 2.32. The monoisotopic (exact) mass is 318 g/mol. The Morgan fingerprint density at radius 3 is 2.53 bits per heavy atom. The first-order chi connectivity index (χ1) is 7.69. The first-order valence-electron chi connectivity index (χ1n) is 6.24. The van der Waals surface area contributed by atoms with Gasteiger partial charge in [-0.25, -0.2) is 0 Å². The van der Waals surface area contributed by atoms with Gasteiger partial charge < -0.3 is 0 Å². The molecule has 17 heavy (non-hydrogen) atoms. The van der Waals surface area contributed by atoms with E-state index >= 15 is 0 Å². The van der Waals surface area contributed by atoms with Crippen LogP contribution in [0, 0.1) is 10.8 Å². The molecule has 0 aromatic rings. The van der Waals surface area contributed by atoms with Crippen molar-refractivity contribution in [2.45, 2.75) is 56.2 Å². The Kier molecular flexibility index (Phi) is 3.28. The van der Waals surface area contributed by atoms with Crippen LogP contribution in [0.2, 0.25) is 0 Å². The molecule has 96 valence electrons. The van der Waals surface area contributed by atoms with Crippen molar-refractivity contribution >= 4 is 33.3 Å². The lowest BCUT2D eigenvalue weighted by atomic mass is 9.54. The summed E-state index contributed by atoms with van der Waals surface area (Å²) in [6.45, 7) is 6.53. The largest absolute Gasteiger partial charge is 0.295 e. The van der Waals surface area contributed by atoms with Crippen molar-refractivity contribution in [1.82, 2.24) is 0 Å². The average molecular weight is 320 g/mol. The molecule has 3 heteroatoms. The average Bonchev–Trinajstić information content (AvgIpc) is 2.18. The number of halogens is 2. The van der Waals surface area contributed by atoms with Gasteiger partial charge in [0.25, 0.3) is 0 Å². The Morgan fingerprint density at radius 1 is 1.35 bits per heavy atom. The SMILES string of the molecule is CC1(Cl)CCC2(C=CC(=O)CC2(C)C)CC1Br. The van der Waals surface area contributed by atoms with Crippen LogP contribution >= 0.6 is 27.5 Å². The highest BCUT2D eigenvalue weighted by molar-refractivity contribution is 9.09. The summed E-state index contributed by atoms with van der Waals surface area (Å²) in [6.07, 6.45) is 7.67. The first kappa shape index (κ1) is 13.6. The molecule has 3 unspecified atom stereocenters. The summed E-state index contributed by atoms with van der Waals surface area (Å²) in [5.41, 5.74) is 0.168. The quantitative estimate of drug-likeness (QED) is 0.602. The van der Waals surface area contributed by atoms with Gasteiger partial charge in [-0.1, -0.05) is 35.9 Å². The van der Waals surface area contributed by atoms with Crippen LogP contribution in [-0.2, 0) is 4.79 Å². The van der Waals surface area contributed by atoms with E-state index in [4.69, 9.17) is 11.6 Å². The molecule has 3 atom stereocenters. The molecular formula is C14H20BrClO. The Hall–Kier alpha value is 0.180. The highest BCUT2D eigenvalue weighted by Gasteiger charge is 2.52. The van der Waals surface area contributed by atoms with Crippen LogP contribution in [0.5, 0.6) is 0 Å². The van der Waals surface area contributed by atoms with Gasteiger partial charge >= 0.3 is 0 Å². The van der Waals surface area contributed by atoms with Gasteiger partial charge in [0.1, 0.15) is 0 Å². The number of carbonyl (C=O) groups excluding carboxylic acids is 1. The first-order valence-corrected chi connectivity index (χ1v) is 7.53. The fourth-order valence-electron chi connectivity index (χ4n) is 3.17. The summed E-state index contributed by atoms with van der Waals surface area (Å²) in [6, 6.07) is 0. The number of carbonyl (C=O) groups is 1. The molecule has 1 saturated carbocycles. The van der Waals surface area contributed by atoms with Crippen molar-refractivity contribution in [3.05, 3.63) is 12.2 Å². The smallest absolute Gasteiger partial charge is 0.155 e. The van der Waals surface area contributed by atoms with Crippen LogP contribution in [0.25, 0.3) is 0 Å². The third-order valence-electron chi connectivity index (χ3n) is 4.81. The van der Waals surface area contributed by atoms with E-state index in [2.05, 4.69) is 42.8 Å². The van der Waals surface area contributed by atoms with Gasteiger partial charge in [0.15, 0.2) is 5.78 Å². The topological polar surface area (TPSA) is 17.1 Å². The summed E-state index contributed by atoms with van der Waals surface area (Å²) >= 11 is 10.2. The molecule has 0 aromatic heterocycles. The third-order valence-corrected chi connectivity index (χ3v) is 6.86. The second-order valence-corrected chi connectivity index (χ2v) is 8.43. The minimum atomic E-state index is -0.156. The van der Waals surface area contributed by atoms with E-state index in [0.29, 0.717) is 11.2 Å². The molecule has 0 amide bonds. The third kappa shape index (κ3) is 2.23. The molecule has 0 radical (unpaired) electrons. The summed E-state index contributed by atoms with van der Waals surface area (Å²) in [5.74, 6) is 0.256. The lowest BCUT2D eigenvalue weighted by Gasteiger charge is -2.53. The number of alkyl halides is 2. The second-order valence-electron chi connectivity index (χ2n) is 6.47. The highest BCUT2D eigenvalue weighted by Crippen LogP contribution is 2.58. The van der Waals surface area contributed by atoms with E-state index in [9.17, 15) is 4.79 Å². The Bertz CT molecular complexity index is 372. The summed E-state index contributed by atoms with van der Waals surface area (Å²) in [7, 11) is 0. The van der Waals surface area contributed by atoms with Crippen LogP contribution < -0.4 is 0 Å². The Labute approximate surface area is 117 Å². The van der Waals surface area contributed by atoms with Crippen molar-refractivity contribution in [3.8, 4) is 0 Å². The molecule has 0 bridgehead atoms. The molecule has 2 rings (SSSR count). The van der Waals surface area contributed by atoms with E-state index in [-0.39, 0.29) is 21.5 Å². The molecule has 2 aliphatic rings. The van der Waals surface area contributed by atoms with Gasteiger partial charge in [0.05, 0.1) is 4.87 Å². The zero-order valence-electron chi connectivity index (χ0n) is 10.7. The molecule has 0 saturated heterocycles. The Morgan fingerprint density at radius 2 is 2.00 bits per heavy atom. The summed E-state index contributed by atoms with van der Waals surface area (Å²) in [4.78, 5) is 11.7. The van der Waals surface area contributed by atoms with Crippen LogP contribution in [-0.4, -0.2) is 15.5 Å². The second kappa shape index (κ2) is 4.09. The number of allylic oxidation sites excluding steroid dienone is 2. The molecule has 2 aliphatic carbocycles. The molecule has 1 fully saturated rings. The summed E-state index contributed by atoms with van der Waals surface area (Å²) in [5, 5.41) is 0. The number of rotatable bonds is 0. The van der Waals surface area contributed by atoms with Crippen molar-refractivity contribution in [2.75, 3.05) is 0 Å². The fraction of sp³-hybridized carbons (Fsp3) is 0.786. The fourth-order valence-corrected chi connectivity index (χ4v) is 4.15. The number of hydrogen-bond acceptors (Lipinski definition) is 1. The van der Waals surface area contributed by atoms with Gasteiger partial charge in [-0.3, -0.25) is 4.79 Å². The molecule has 0 aromatic carbocycles. The minimum Gasteiger partial charge on any atom is -0.295 e. The molecule has 0 N–H and O–H groups in total. The van der Waals surface area contributed by atoms with Crippen molar-refractivity contribution < 1.29 is 4.79 Å². The predicted octanol–water partition coefficient (Wildman–Crippen LogP) is 4.47. The maximum absolute atomic E-state index is 11.6. The molecule has 0 heterocycles. The zero-order chi connectivity index (χ0) is 12.9. The van der Waals surface area contributed by atoms with E-state index in [0.717, 1.165) is 19.3 Å². The van der Waals surface area contributed by atoms with Crippen molar-refractivity contribution in [1.29, 1.82) is 0 Å². The molecule has 1 spiro atoms. The van der Waals surface area contributed by atoms with Gasteiger partial charge in [-0.15, -0.1) is 11.6 Å². The molecule has 0 aliphatic heterocycles. The zero-order valence-corrected chi connectivity index (χ0v) is 13.1. The maximum Gasteiger partial charge on any atom is 0.155 e. The normalized spacial score (nSPS) is 45.2. The van der Waals surface area contributed by atoms with Crippen LogP contribution in [0.3, 0.4) is 0 Å². The van der Waals surface area contributed by atoms with E-state index < -0.39 is 0 Å². The van der Waals surface area contributed by atoms with Gasteiger partial charge in [-0.05, 0) is 43.1 Å². The van der Waals surface area contributed by atoms with Crippen molar-refractivity contribution in [2.24, 2.45) is 10.8 Å². The van der Waals surface area contributed by atoms with Gasteiger partial charge in [-0.2, -0.15) is 0 Å². The van der Waals surface area contributed by atoms with Crippen LogP contribution in [0.4, 0.5) is 0 Å². The lowest BCUT2D eigenvalue weighted by molar-refractivity contribution is -0.119. The lowest BCUT2D eigenvalue weighted by Crippen LogP contribution is -2.49. The molecule has 1 nitrogen and oxygen atoms in total. The highest BCUT2D eigenvalue weighted by atomic mass is 79.9. The predicted molar refractivity (Wildman–Crippen MR) is 75.8 cm³/mol. The van der Waals surface area contributed by atoms with E-state index in [1.165, 1.54) is 0 Å². The molecular weight excluding hydrogens is 300 g/mol.